The van der Waals surface area contributed by atoms with Gasteiger partial charge >= 0.3 is 0 Å². The van der Waals surface area contributed by atoms with Crippen molar-refractivity contribution >= 4 is 37.7 Å². The van der Waals surface area contributed by atoms with Crippen molar-refractivity contribution in [2.24, 2.45) is 0 Å². The number of hydrogen-bond donors (Lipinski definition) is 0. The molecule has 4 heterocycles. The molecule has 0 N–H and O–H groups in total. The number of rotatable bonds is 4. The summed E-state index contributed by atoms with van der Waals surface area (Å²) < 4.78 is 36.0. The Morgan fingerprint density at radius 1 is 0.875 bits per heavy atom. The molecule has 2 aromatic heterocycles. The van der Waals surface area contributed by atoms with Crippen molar-refractivity contribution in [1.29, 1.82) is 0 Å². The van der Waals surface area contributed by atoms with Crippen molar-refractivity contribution in [1.82, 2.24) is 18.5 Å². The van der Waals surface area contributed by atoms with Crippen LogP contribution >= 0.6 is 11.3 Å². The molecule has 1 aromatic carbocycles. The summed E-state index contributed by atoms with van der Waals surface area (Å²) in [6.45, 7) is 2.48. The highest BCUT2D eigenvalue weighted by atomic mass is 32.2. The monoisotopic (exact) mass is 474 g/mol. The molecule has 0 radical (unpaired) electrons. The third kappa shape index (κ3) is 4.19. The summed E-state index contributed by atoms with van der Waals surface area (Å²) in [7, 11) is -3.47. The normalized spacial score (nSPS) is 19.3. The van der Waals surface area contributed by atoms with E-state index in [1.165, 1.54) is 15.6 Å². The van der Waals surface area contributed by atoms with E-state index in [0.717, 1.165) is 40.9 Å². The number of carbonyl (C=O) groups is 1. The number of fused-ring (bicyclic) bond motifs is 1. The van der Waals surface area contributed by atoms with Gasteiger partial charge in [-0.2, -0.15) is 17.0 Å². The lowest BCUT2D eigenvalue weighted by Crippen LogP contribution is -2.54. The van der Waals surface area contributed by atoms with E-state index in [2.05, 4.69) is 4.98 Å². The summed E-state index contributed by atoms with van der Waals surface area (Å²) in [5.74, 6) is 0.601. The zero-order chi connectivity index (χ0) is 22.1. The van der Waals surface area contributed by atoms with Gasteiger partial charge in [-0.25, -0.2) is 4.98 Å². The van der Waals surface area contributed by atoms with Crippen LogP contribution < -0.4 is 0 Å². The fourth-order valence-electron chi connectivity index (χ4n) is 4.26. The molecule has 2 aliphatic rings. The van der Waals surface area contributed by atoms with E-state index in [4.69, 9.17) is 4.42 Å². The van der Waals surface area contributed by atoms with E-state index in [1.54, 1.807) is 21.3 Å². The van der Waals surface area contributed by atoms with Gasteiger partial charge in [0.1, 0.15) is 0 Å². The molecule has 0 unspecified atom stereocenters. The molecular weight excluding hydrogens is 448 g/mol. The molecule has 2 fully saturated rings. The van der Waals surface area contributed by atoms with Crippen LogP contribution in [0.3, 0.4) is 0 Å². The van der Waals surface area contributed by atoms with Crippen LogP contribution in [0.5, 0.6) is 0 Å². The SMILES string of the molecule is O=C(c1ccc(-c2nc3ccccc3s2)o1)N1CCN(S(=O)(=O)N2CCCCCC2)CC1. The van der Waals surface area contributed by atoms with Crippen LogP contribution in [-0.4, -0.2) is 72.1 Å². The van der Waals surface area contributed by atoms with Gasteiger partial charge in [0, 0.05) is 39.3 Å². The first-order valence-corrected chi connectivity index (χ1v) is 13.2. The summed E-state index contributed by atoms with van der Waals surface area (Å²) in [5.41, 5.74) is 0.901. The summed E-state index contributed by atoms with van der Waals surface area (Å²) in [6, 6.07) is 11.3. The molecule has 0 atom stereocenters. The second-order valence-electron chi connectivity index (χ2n) is 8.16. The molecule has 0 spiro atoms. The number of carbonyl (C=O) groups excluding carboxylic acids is 1. The molecule has 1 amide bonds. The molecular formula is C22H26N4O4S2. The molecule has 32 heavy (non-hydrogen) atoms. The van der Waals surface area contributed by atoms with Gasteiger partial charge in [-0.1, -0.05) is 25.0 Å². The number of para-hydroxylation sites is 1. The lowest BCUT2D eigenvalue weighted by molar-refractivity contribution is 0.0663. The van der Waals surface area contributed by atoms with Crippen LogP contribution in [0.15, 0.2) is 40.8 Å². The minimum atomic E-state index is -3.47. The van der Waals surface area contributed by atoms with Gasteiger partial charge in [-0.05, 0) is 37.1 Å². The number of nitrogens with zero attached hydrogens (tertiary/aromatic N) is 4. The predicted molar refractivity (Wildman–Crippen MR) is 124 cm³/mol. The highest BCUT2D eigenvalue weighted by molar-refractivity contribution is 7.86. The molecule has 0 bridgehead atoms. The summed E-state index contributed by atoms with van der Waals surface area (Å²) in [4.78, 5) is 19.2. The fourth-order valence-corrected chi connectivity index (χ4v) is 6.86. The molecule has 3 aromatic rings. The minimum Gasteiger partial charge on any atom is -0.448 e. The predicted octanol–water partition coefficient (Wildman–Crippen LogP) is 3.43. The average molecular weight is 475 g/mol. The molecule has 0 saturated carbocycles. The quantitative estimate of drug-likeness (QED) is 0.578. The second-order valence-corrected chi connectivity index (χ2v) is 11.1. The first-order valence-electron chi connectivity index (χ1n) is 11.0. The summed E-state index contributed by atoms with van der Waals surface area (Å²) in [5, 5.41) is 0.735. The van der Waals surface area contributed by atoms with Crippen molar-refractivity contribution in [2.45, 2.75) is 25.7 Å². The van der Waals surface area contributed by atoms with Gasteiger partial charge in [0.25, 0.3) is 16.1 Å². The van der Waals surface area contributed by atoms with Crippen LogP contribution in [0.1, 0.15) is 36.2 Å². The average Bonchev–Trinajstić information content (AvgIpc) is 3.38. The van der Waals surface area contributed by atoms with Crippen molar-refractivity contribution in [3.63, 3.8) is 0 Å². The molecule has 170 valence electrons. The Balaban J connectivity index is 1.24. The highest BCUT2D eigenvalue weighted by Gasteiger charge is 2.34. The molecule has 5 rings (SSSR count). The maximum atomic E-state index is 13.0. The van der Waals surface area contributed by atoms with Crippen molar-refractivity contribution in [3.8, 4) is 10.8 Å². The molecule has 10 heteroatoms. The van der Waals surface area contributed by atoms with Crippen LogP contribution in [0.2, 0.25) is 0 Å². The van der Waals surface area contributed by atoms with Crippen LogP contribution in [0.4, 0.5) is 0 Å². The highest BCUT2D eigenvalue weighted by Crippen LogP contribution is 2.31. The Kier molecular flexibility index (Phi) is 6.02. The third-order valence-corrected chi connectivity index (χ3v) is 9.15. The number of piperazine rings is 1. The van der Waals surface area contributed by atoms with Crippen LogP contribution in [-0.2, 0) is 10.2 Å². The van der Waals surface area contributed by atoms with Crippen molar-refractivity contribution < 1.29 is 17.6 Å². The van der Waals surface area contributed by atoms with Gasteiger partial charge in [-0.15, -0.1) is 11.3 Å². The van der Waals surface area contributed by atoms with Gasteiger partial charge in [0.05, 0.1) is 10.2 Å². The first kappa shape index (κ1) is 21.6. The Bertz CT molecular complexity index is 1170. The Hall–Kier alpha value is -2.27. The number of hydrogen-bond acceptors (Lipinski definition) is 6. The van der Waals surface area contributed by atoms with Crippen molar-refractivity contribution in [2.75, 3.05) is 39.3 Å². The maximum absolute atomic E-state index is 13.0. The Labute approximate surface area is 191 Å². The number of benzene rings is 1. The van der Waals surface area contributed by atoms with Gasteiger partial charge < -0.3 is 9.32 Å². The van der Waals surface area contributed by atoms with E-state index in [1.807, 2.05) is 24.3 Å². The zero-order valence-corrected chi connectivity index (χ0v) is 19.4. The lowest BCUT2D eigenvalue weighted by Gasteiger charge is -2.36. The Morgan fingerprint density at radius 2 is 1.56 bits per heavy atom. The molecule has 8 nitrogen and oxygen atoms in total. The maximum Gasteiger partial charge on any atom is 0.289 e. The summed E-state index contributed by atoms with van der Waals surface area (Å²) >= 11 is 1.52. The third-order valence-electron chi connectivity index (χ3n) is 6.06. The standard InChI is InChI=1S/C22H26N4O4S2/c27-22(19-10-9-18(30-19)21-23-17-7-3-4-8-20(17)31-21)24-13-15-26(16-14-24)32(28,29)25-11-5-1-2-6-12-25/h3-4,7-10H,1-2,5-6,11-16H2. The molecule has 2 aliphatic heterocycles. The van der Waals surface area contributed by atoms with E-state index in [0.29, 0.717) is 45.0 Å². The molecule has 0 aliphatic carbocycles. The fraction of sp³-hybridized carbons (Fsp3) is 0.455. The zero-order valence-electron chi connectivity index (χ0n) is 17.8. The topological polar surface area (TPSA) is 87.0 Å². The van der Waals surface area contributed by atoms with E-state index in [9.17, 15) is 13.2 Å². The minimum absolute atomic E-state index is 0.218. The second kappa shape index (κ2) is 8.93. The van der Waals surface area contributed by atoms with Gasteiger partial charge in [0.15, 0.2) is 16.5 Å². The van der Waals surface area contributed by atoms with Gasteiger partial charge in [0.2, 0.25) is 0 Å². The Morgan fingerprint density at radius 3 is 2.28 bits per heavy atom. The first-order chi connectivity index (χ1) is 15.5. The number of thiazole rings is 1. The van der Waals surface area contributed by atoms with Crippen molar-refractivity contribution in [3.05, 3.63) is 42.2 Å². The van der Waals surface area contributed by atoms with Gasteiger partial charge in [-0.3, -0.25) is 4.79 Å². The number of furan rings is 1. The van der Waals surface area contributed by atoms with E-state index < -0.39 is 10.2 Å². The number of amides is 1. The van der Waals surface area contributed by atoms with Crippen LogP contribution in [0, 0.1) is 0 Å². The largest absolute Gasteiger partial charge is 0.448 e. The van der Waals surface area contributed by atoms with Crippen LogP contribution in [0.25, 0.3) is 21.0 Å². The number of aromatic nitrogens is 1. The molecule has 2 saturated heterocycles. The van der Waals surface area contributed by atoms with E-state index in [-0.39, 0.29) is 11.7 Å². The lowest BCUT2D eigenvalue weighted by atomic mass is 10.2. The van der Waals surface area contributed by atoms with E-state index >= 15 is 0 Å². The summed E-state index contributed by atoms with van der Waals surface area (Å²) in [6.07, 6.45) is 3.98. The smallest absolute Gasteiger partial charge is 0.289 e.